The molecule has 18 heavy (non-hydrogen) atoms. The average Bonchev–Trinajstić information content (AvgIpc) is 2.79. The molecule has 6 heteroatoms. The summed E-state index contributed by atoms with van der Waals surface area (Å²) in [5, 5.41) is 9.52. The van der Waals surface area contributed by atoms with Gasteiger partial charge in [-0.15, -0.1) is 0 Å². The van der Waals surface area contributed by atoms with Crippen molar-refractivity contribution in [2.24, 2.45) is 5.92 Å². The topological polar surface area (TPSA) is 57.6 Å². The van der Waals surface area contributed by atoms with Crippen molar-refractivity contribution in [3.05, 3.63) is 27.8 Å². The summed E-state index contributed by atoms with van der Waals surface area (Å²) in [7, 11) is -3.40. The molecule has 1 heterocycles. The van der Waals surface area contributed by atoms with E-state index >= 15 is 0 Å². The molecule has 4 nitrogen and oxygen atoms in total. The minimum absolute atomic E-state index is 0.0450. The van der Waals surface area contributed by atoms with Crippen LogP contribution in [-0.2, 0) is 10.0 Å². The summed E-state index contributed by atoms with van der Waals surface area (Å²) in [5.41, 5.74) is 0. The van der Waals surface area contributed by atoms with Crippen molar-refractivity contribution in [3.8, 4) is 0 Å². The second-order valence-electron chi connectivity index (χ2n) is 4.61. The van der Waals surface area contributed by atoms with Gasteiger partial charge in [0.05, 0.1) is 11.0 Å². The van der Waals surface area contributed by atoms with E-state index < -0.39 is 16.1 Å². The molecule has 1 fully saturated rings. The van der Waals surface area contributed by atoms with Crippen molar-refractivity contribution in [2.45, 2.75) is 24.3 Å². The number of hydrogen-bond acceptors (Lipinski definition) is 3. The van der Waals surface area contributed by atoms with Gasteiger partial charge in [-0.25, -0.2) is 8.42 Å². The first kappa shape index (κ1) is 14.2. The van der Waals surface area contributed by atoms with Crippen LogP contribution in [0.3, 0.4) is 0 Å². The number of sulfonamides is 1. The molecule has 0 radical (unpaired) electrons. The van der Waals surface area contributed by atoms with E-state index in [0.29, 0.717) is 18.0 Å². The molecule has 0 aliphatic carbocycles. The molecule has 2 rings (SSSR count). The molecule has 1 saturated heterocycles. The molecule has 0 saturated carbocycles. The molecule has 100 valence electrons. The van der Waals surface area contributed by atoms with E-state index in [9.17, 15) is 13.5 Å². The Morgan fingerprint density at radius 1 is 1.39 bits per heavy atom. The molecule has 1 N–H and O–H groups in total. The first-order chi connectivity index (χ1) is 8.41. The summed E-state index contributed by atoms with van der Waals surface area (Å²) in [4.78, 5) is 0.328. The maximum Gasteiger partial charge on any atom is 0.243 e. The lowest BCUT2D eigenvalue weighted by Crippen LogP contribution is -2.30. The van der Waals surface area contributed by atoms with Gasteiger partial charge in [-0.05, 0) is 66.1 Å². The number of aliphatic hydroxyl groups is 1. The molecule has 2 atom stereocenters. The summed E-state index contributed by atoms with van der Waals surface area (Å²) < 4.78 is 27.2. The predicted molar refractivity (Wildman–Crippen MR) is 77.7 cm³/mol. The van der Waals surface area contributed by atoms with Crippen LogP contribution in [0.4, 0.5) is 0 Å². The molecule has 2 unspecified atom stereocenters. The highest BCUT2D eigenvalue weighted by atomic mass is 127. The zero-order chi connectivity index (χ0) is 13.3. The zero-order valence-corrected chi connectivity index (χ0v) is 13.1. The zero-order valence-electron chi connectivity index (χ0n) is 10.1. The lowest BCUT2D eigenvalue weighted by Gasteiger charge is -2.17. The van der Waals surface area contributed by atoms with Crippen LogP contribution in [0.25, 0.3) is 0 Å². The van der Waals surface area contributed by atoms with Gasteiger partial charge in [0.15, 0.2) is 0 Å². The largest absolute Gasteiger partial charge is 0.393 e. The highest BCUT2D eigenvalue weighted by Crippen LogP contribution is 2.26. The maximum atomic E-state index is 12.4. The quantitative estimate of drug-likeness (QED) is 0.811. The third-order valence-corrected chi connectivity index (χ3v) is 5.92. The number of nitrogens with zero attached hydrogens (tertiary/aromatic N) is 1. The van der Waals surface area contributed by atoms with Gasteiger partial charge < -0.3 is 5.11 Å². The highest BCUT2D eigenvalue weighted by Gasteiger charge is 2.34. The fourth-order valence-corrected chi connectivity index (χ4v) is 3.99. The van der Waals surface area contributed by atoms with Crippen molar-refractivity contribution in [2.75, 3.05) is 13.1 Å². The van der Waals surface area contributed by atoms with Crippen LogP contribution in [0.5, 0.6) is 0 Å². The van der Waals surface area contributed by atoms with E-state index in [1.807, 2.05) is 0 Å². The van der Waals surface area contributed by atoms with Crippen molar-refractivity contribution < 1.29 is 13.5 Å². The van der Waals surface area contributed by atoms with Crippen LogP contribution in [0, 0.1) is 9.49 Å². The van der Waals surface area contributed by atoms with Gasteiger partial charge in [-0.3, -0.25) is 0 Å². The fraction of sp³-hybridized carbons (Fsp3) is 0.500. The van der Waals surface area contributed by atoms with E-state index in [-0.39, 0.29) is 5.92 Å². The average molecular weight is 381 g/mol. The fourth-order valence-electron chi connectivity index (χ4n) is 2.12. The van der Waals surface area contributed by atoms with Crippen molar-refractivity contribution in [1.29, 1.82) is 0 Å². The third-order valence-electron chi connectivity index (χ3n) is 3.32. The molecule has 0 bridgehead atoms. The Morgan fingerprint density at radius 3 is 2.50 bits per heavy atom. The van der Waals surface area contributed by atoms with Crippen molar-refractivity contribution in [3.63, 3.8) is 0 Å². The minimum atomic E-state index is -3.40. The van der Waals surface area contributed by atoms with Crippen LogP contribution >= 0.6 is 22.6 Å². The Kier molecular flexibility index (Phi) is 4.30. The molecular weight excluding hydrogens is 365 g/mol. The number of hydrogen-bond donors (Lipinski definition) is 1. The number of halogens is 1. The smallest absolute Gasteiger partial charge is 0.243 e. The van der Waals surface area contributed by atoms with E-state index in [4.69, 9.17) is 0 Å². The second-order valence-corrected chi connectivity index (χ2v) is 7.79. The summed E-state index contributed by atoms with van der Waals surface area (Å²) in [6, 6.07) is 6.84. The van der Waals surface area contributed by atoms with Crippen LogP contribution in [0.15, 0.2) is 29.2 Å². The van der Waals surface area contributed by atoms with E-state index in [0.717, 1.165) is 9.99 Å². The third kappa shape index (κ3) is 2.87. The van der Waals surface area contributed by atoms with Gasteiger partial charge in [-0.1, -0.05) is 0 Å². The van der Waals surface area contributed by atoms with Gasteiger partial charge in [0.2, 0.25) is 10.0 Å². The SMILES string of the molecule is CC(O)C1CCN(S(=O)(=O)c2ccc(I)cc2)C1. The maximum absolute atomic E-state index is 12.4. The predicted octanol–water partition coefficient (Wildman–Crippen LogP) is 1.68. The minimum Gasteiger partial charge on any atom is -0.393 e. The molecular formula is C12H16INO3S. The molecule has 1 aliphatic rings. The van der Waals surface area contributed by atoms with Gasteiger partial charge in [0.25, 0.3) is 0 Å². The van der Waals surface area contributed by atoms with Gasteiger partial charge >= 0.3 is 0 Å². The molecule has 1 aliphatic heterocycles. The summed E-state index contributed by atoms with van der Waals surface area (Å²) in [6.45, 7) is 2.61. The second kappa shape index (κ2) is 5.44. The summed E-state index contributed by atoms with van der Waals surface area (Å²) >= 11 is 2.14. The van der Waals surface area contributed by atoms with Crippen molar-refractivity contribution >= 4 is 32.6 Å². The lowest BCUT2D eigenvalue weighted by atomic mass is 10.0. The Hall–Kier alpha value is -0.180. The van der Waals surface area contributed by atoms with Gasteiger partial charge in [0, 0.05) is 16.7 Å². The van der Waals surface area contributed by atoms with Gasteiger partial charge in [-0.2, -0.15) is 4.31 Å². The Labute approximate surface area is 121 Å². The molecule has 1 aromatic rings. The standard InChI is InChI=1S/C12H16INO3S/c1-9(15)10-6-7-14(8-10)18(16,17)12-4-2-11(13)3-5-12/h2-5,9-10,15H,6-8H2,1H3. The monoisotopic (exact) mass is 381 g/mol. The number of benzene rings is 1. The first-order valence-corrected chi connectivity index (χ1v) is 8.37. The molecule has 0 aromatic heterocycles. The normalized spacial score (nSPS) is 23.2. The molecule has 1 aromatic carbocycles. The first-order valence-electron chi connectivity index (χ1n) is 5.85. The van der Waals surface area contributed by atoms with Crippen molar-refractivity contribution in [1.82, 2.24) is 4.31 Å². The lowest BCUT2D eigenvalue weighted by molar-refractivity contribution is 0.133. The van der Waals surface area contributed by atoms with Crippen LogP contribution in [0.1, 0.15) is 13.3 Å². The number of rotatable bonds is 3. The summed E-state index contributed by atoms with van der Waals surface area (Å²) in [6.07, 6.45) is 0.267. The van der Waals surface area contributed by atoms with Crippen LogP contribution in [-0.4, -0.2) is 37.0 Å². The Morgan fingerprint density at radius 2 is 2.00 bits per heavy atom. The van der Waals surface area contributed by atoms with Crippen LogP contribution < -0.4 is 0 Å². The highest BCUT2D eigenvalue weighted by molar-refractivity contribution is 14.1. The van der Waals surface area contributed by atoms with Crippen LogP contribution in [0.2, 0.25) is 0 Å². The van der Waals surface area contributed by atoms with E-state index in [2.05, 4.69) is 22.6 Å². The summed E-state index contributed by atoms with van der Waals surface area (Å²) in [5.74, 6) is 0.0450. The Bertz CT molecular complexity index is 513. The van der Waals surface area contributed by atoms with E-state index in [1.165, 1.54) is 4.31 Å². The molecule has 0 spiro atoms. The number of aliphatic hydroxyl groups excluding tert-OH is 1. The van der Waals surface area contributed by atoms with E-state index in [1.54, 1.807) is 31.2 Å². The molecule has 0 amide bonds. The van der Waals surface area contributed by atoms with Gasteiger partial charge in [0.1, 0.15) is 0 Å². The Balaban J connectivity index is 2.20.